The quantitative estimate of drug-likeness (QED) is 0.812. The number of rotatable bonds is 1. The van der Waals surface area contributed by atoms with Crippen LogP contribution in [0.5, 0.6) is 0 Å². The highest BCUT2D eigenvalue weighted by Gasteiger charge is 2.38. The number of nitrogens with zero attached hydrogens (tertiary/aromatic N) is 5. The molecule has 0 saturated carbocycles. The summed E-state index contributed by atoms with van der Waals surface area (Å²) in [5.74, 6) is 0.437. The Morgan fingerprint density at radius 1 is 1.10 bits per heavy atom. The van der Waals surface area contributed by atoms with Crippen LogP contribution in [-0.4, -0.2) is 32.9 Å². The van der Waals surface area contributed by atoms with Crippen molar-refractivity contribution < 1.29 is 13.2 Å². The van der Waals surface area contributed by atoms with Crippen LogP contribution >= 0.6 is 0 Å². The fourth-order valence-corrected chi connectivity index (χ4v) is 2.97. The maximum Gasteiger partial charge on any atom is 0.453 e. The molecule has 3 heterocycles. The highest BCUT2D eigenvalue weighted by Crippen LogP contribution is 2.29. The lowest BCUT2D eigenvalue weighted by Gasteiger charge is -2.35. The summed E-state index contributed by atoms with van der Waals surface area (Å²) in [6.07, 6.45) is -3.44. The minimum Gasteiger partial charge on any atom is -0.355 e. The largest absolute Gasteiger partial charge is 0.453 e. The Hall–Kier alpha value is -1.86. The van der Waals surface area contributed by atoms with Crippen LogP contribution in [0.1, 0.15) is 26.1 Å². The second-order valence-corrected chi connectivity index (χ2v) is 5.83. The van der Waals surface area contributed by atoms with Gasteiger partial charge in [-0.3, -0.25) is 0 Å². The molecule has 2 atom stereocenters. The number of halogens is 3. The van der Waals surface area contributed by atoms with Crippen LogP contribution < -0.4 is 4.90 Å². The van der Waals surface area contributed by atoms with Gasteiger partial charge in [0.2, 0.25) is 0 Å². The van der Waals surface area contributed by atoms with Crippen molar-refractivity contribution in [1.29, 1.82) is 0 Å². The standard InChI is InChI=1S/C13H16F3N5/c1-8-5-9(2)7-20(6-8)11-4-3-10-17-18-12(13(14,15)16)21(10)19-11/h3-4,8-9H,5-7H2,1-2H3. The van der Waals surface area contributed by atoms with Gasteiger partial charge < -0.3 is 4.90 Å². The van der Waals surface area contributed by atoms with E-state index in [1.54, 1.807) is 6.07 Å². The summed E-state index contributed by atoms with van der Waals surface area (Å²) in [6.45, 7) is 5.88. The first-order valence-electron chi connectivity index (χ1n) is 6.89. The van der Waals surface area contributed by atoms with E-state index in [4.69, 9.17) is 0 Å². The van der Waals surface area contributed by atoms with Gasteiger partial charge in [-0.2, -0.15) is 17.7 Å². The van der Waals surface area contributed by atoms with Gasteiger partial charge in [-0.05, 0) is 30.4 Å². The van der Waals surface area contributed by atoms with Gasteiger partial charge in [-0.15, -0.1) is 15.3 Å². The van der Waals surface area contributed by atoms with E-state index in [0.717, 1.165) is 24.0 Å². The average Bonchev–Trinajstić information content (AvgIpc) is 2.79. The van der Waals surface area contributed by atoms with Gasteiger partial charge in [-0.25, -0.2) is 0 Å². The topological polar surface area (TPSA) is 46.3 Å². The smallest absolute Gasteiger partial charge is 0.355 e. The van der Waals surface area contributed by atoms with Crippen molar-refractivity contribution in [2.75, 3.05) is 18.0 Å². The predicted octanol–water partition coefficient (Wildman–Crippen LogP) is 2.63. The maximum atomic E-state index is 12.9. The van der Waals surface area contributed by atoms with Crippen LogP contribution in [-0.2, 0) is 6.18 Å². The third-order valence-electron chi connectivity index (χ3n) is 3.70. The minimum absolute atomic E-state index is 0.101. The monoisotopic (exact) mass is 299 g/mol. The zero-order valence-electron chi connectivity index (χ0n) is 11.8. The lowest BCUT2D eigenvalue weighted by Crippen LogP contribution is -2.39. The van der Waals surface area contributed by atoms with Crippen LogP contribution in [0.3, 0.4) is 0 Å². The van der Waals surface area contributed by atoms with Gasteiger partial charge in [0.25, 0.3) is 5.82 Å². The fraction of sp³-hybridized carbons (Fsp3) is 0.615. The molecule has 0 aliphatic carbocycles. The molecule has 1 aliphatic heterocycles. The number of piperidine rings is 1. The molecule has 21 heavy (non-hydrogen) atoms. The van der Waals surface area contributed by atoms with E-state index in [1.165, 1.54) is 6.07 Å². The van der Waals surface area contributed by atoms with Crippen molar-refractivity contribution in [2.45, 2.75) is 26.4 Å². The Bertz CT molecular complexity index is 641. The molecule has 0 spiro atoms. The molecule has 0 bridgehead atoms. The Morgan fingerprint density at radius 3 is 2.38 bits per heavy atom. The van der Waals surface area contributed by atoms with Crippen LogP contribution in [0.4, 0.5) is 19.0 Å². The highest BCUT2D eigenvalue weighted by molar-refractivity contribution is 5.46. The summed E-state index contributed by atoms with van der Waals surface area (Å²) in [4.78, 5) is 2.03. The van der Waals surface area contributed by atoms with E-state index in [9.17, 15) is 13.2 Å². The van der Waals surface area contributed by atoms with Crippen molar-refractivity contribution >= 4 is 11.5 Å². The molecule has 2 aromatic rings. The lowest BCUT2D eigenvalue weighted by molar-refractivity contribution is -0.146. The highest BCUT2D eigenvalue weighted by atomic mass is 19.4. The van der Waals surface area contributed by atoms with E-state index in [1.807, 2.05) is 4.90 Å². The summed E-state index contributed by atoms with van der Waals surface area (Å²) < 4.78 is 39.4. The lowest BCUT2D eigenvalue weighted by atomic mass is 9.92. The molecule has 0 radical (unpaired) electrons. The van der Waals surface area contributed by atoms with Crippen molar-refractivity contribution in [3.05, 3.63) is 18.0 Å². The number of hydrogen-bond donors (Lipinski definition) is 0. The first kappa shape index (κ1) is 14.1. The number of alkyl halides is 3. The molecule has 1 fully saturated rings. The molecule has 5 nitrogen and oxygen atoms in total. The summed E-state index contributed by atoms with van der Waals surface area (Å²) in [5, 5.41) is 10.8. The van der Waals surface area contributed by atoms with Crippen molar-refractivity contribution in [1.82, 2.24) is 19.8 Å². The summed E-state index contributed by atoms with van der Waals surface area (Å²) in [6, 6.07) is 3.23. The Kier molecular flexibility index (Phi) is 3.26. The average molecular weight is 299 g/mol. The number of fused-ring (bicyclic) bond motifs is 1. The van der Waals surface area contributed by atoms with Gasteiger partial charge in [0.05, 0.1) is 0 Å². The SMILES string of the molecule is CC1CC(C)CN(c2ccc3nnc(C(F)(F)F)n3n2)C1. The number of anilines is 1. The molecular weight excluding hydrogens is 283 g/mol. The predicted molar refractivity (Wildman–Crippen MR) is 70.9 cm³/mol. The molecule has 0 N–H and O–H groups in total. The molecule has 8 heteroatoms. The van der Waals surface area contributed by atoms with E-state index >= 15 is 0 Å². The normalized spacial score (nSPS) is 23.8. The molecule has 114 valence electrons. The molecular formula is C13H16F3N5. The van der Waals surface area contributed by atoms with Gasteiger partial charge >= 0.3 is 6.18 Å². The van der Waals surface area contributed by atoms with Crippen molar-refractivity contribution in [3.8, 4) is 0 Å². The van der Waals surface area contributed by atoms with Gasteiger partial charge in [0.15, 0.2) is 5.65 Å². The van der Waals surface area contributed by atoms with Crippen LogP contribution in [0.15, 0.2) is 12.1 Å². The molecule has 3 rings (SSSR count). The molecule has 0 aromatic carbocycles. The zero-order chi connectivity index (χ0) is 15.2. The first-order valence-corrected chi connectivity index (χ1v) is 6.89. The fourth-order valence-electron chi connectivity index (χ4n) is 2.97. The van der Waals surface area contributed by atoms with Gasteiger partial charge in [-0.1, -0.05) is 13.8 Å². The number of hydrogen-bond acceptors (Lipinski definition) is 4. The number of aromatic nitrogens is 4. The summed E-state index contributed by atoms with van der Waals surface area (Å²) >= 11 is 0. The second-order valence-electron chi connectivity index (χ2n) is 5.83. The van der Waals surface area contributed by atoms with Crippen molar-refractivity contribution in [3.63, 3.8) is 0 Å². The maximum absolute atomic E-state index is 12.9. The molecule has 1 saturated heterocycles. The Balaban J connectivity index is 2.00. The van der Waals surface area contributed by atoms with E-state index in [0.29, 0.717) is 17.7 Å². The second kappa shape index (κ2) is 4.85. The van der Waals surface area contributed by atoms with E-state index in [-0.39, 0.29) is 5.65 Å². The van der Waals surface area contributed by atoms with Crippen LogP contribution in [0.2, 0.25) is 0 Å². The molecule has 2 aromatic heterocycles. The van der Waals surface area contributed by atoms with E-state index < -0.39 is 12.0 Å². The molecule has 1 aliphatic rings. The Labute approximate surface area is 119 Å². The minimum atomic E-state index is -4.56. The molecule has 2 unspecified atom stereocenters. The summed E-state index contributed by atoms with van der Waals surface area (Å²) in [5.41, 5.74) is 0.101. The van der Waals surface area contributed by atoms with E-state index in [2.05, 4.69) is 29.1 Å². The van der Waals surface area contributed by atoms with Crippen LogP contribution in [0.25, 0.3) is 5.65 Å². The zero-order valence-corrected chi connectivity index (χ0v) is 11.8. The van der Waals surface area contributed by atoms with Crippen molar-refractivity contribution in [2.24, 2.45) is 11.8 Å². The first-order chi connectivity index (χ1) is 9.84. The van der Waals surface area contributed by atoms with Gasteiger partial charge in [0.1, 0.15) is 5.82 Å². The summed E-state index contributed by atoms with van der Waals surface area (Å²) in [7, 11) is 0. The Morgan fingerprint density at radius 2 is 1.76 bits per heavy atom. The third kappa shape index (κ3) is 2.66. The van der Waals surface area contributed by atoms with Gasteiger partial charge in [0, 0.05) is 13.1 Å². The van der Waals surface area contributed by atoms with Crippen LogP contribution in [0, 0.1) is 11.8 Å². The molecule has 0 amide bonds. The third-order valence-corrected chi connectivity index (χ3v) is 3.70.